The SMILES string of the molecule is C1CC2NCCN(CCCN3CCOCC3)C2C1. The molecule has 0 radical (unpaired) electrons. The first-order valence-electron chi connectivity index (χ1n) is 7.71. The number of hydrogen-bond acceptors (Lipinski definition) is 4. The number of rotatable bonds is 4. The molecule has 2 unspecified atom stereocenters. The molecule has 0 bridgehead atoms. The molecule has 3 rings (SSSR count). The molecule has 0 aromatic carbocycles. The van der Waals surface area contributed by atoms with Gasteiger partial charge in [-0.25, -0.2) is 0 Å². The summed E-state index contributed by atoms with van der Waals surface area (Å²) in [4.78, 5) is 5.30. The molecule has 0 aromatic rings. The molecule has 1 N–H and O–H groups in total. The highest BCUT2D eigenvalue weighted by Gasteiger charge is 2.34. The lowest BCUT2D eigenvalue weighted by molar-refractivity contribution is 0.0344. The van der Waals surface area contributed by atoms with Crippen molar-refractivity contribution in [2.45, 2.75) is 37.8 Å². The molecular weight excluding hydrogens is 226 g/mol. The van der Waals surface area contributed by atoms with Gasteiger partial charge in [-0.3, -0.25) is 9.80 Å². The zero-order chi connectivity index (χ0) is 12.2. The van der Waals surface area contributed by atoms with Crippen LogP contribution in [0, 0.1) is 0 Å². The Balaban J connectivity index is 1.39. The molecule has 0 spiro atoms. The molecule has 1 saturated carbocycles. The molecule has 0 aromatic heterocycles. The van der Waals surface area contributed by atoms with Gasteiger partial charge in [-0.15, -0.1) is 0 Å². The van der Waals surface area contributed by atoms with Gasteiger partial charge in [0, 0.05) is 38.3 Å². The highest BCUT2D eigenvalue weighted by Crippen LogP contribution is 2.26. The Morgan fingerprint density at radius 2 is 1.94 bits per heavy atom. The van der Waals surface area contributed by atoms with E-state index < -0.39 is 0 Å². The summed E-state index contributed by atoms with van der Waals surface area (Å²) >= 11 is 0. The minimum atomic E-state index is 0.794. The van der Waals surface area contributed by atoms with Gasteiger partial charge in [-0.1, -0.05) is 6.42 Å². The summed E-state index contributed by atoms with van der Waals surface area (Å²) in [6.07, 6.45) is 5.55. The topological polar surface area (TPSA) is 27.7 Å². The molecule has 3 aliphatic rings. The summed E-state index contributed by atoms with van der Waals surface area (Å²) < 4.78 is 5.39. The average molecular weight is 253 g/mol. The van der Waals surface area contributed by atoms with Crippen molar-refractivity contribution in [2.24, 2.45) is 0 Å². The van der Waals surface area contributed by atoms with Crippen molar-refractivity contribution in [3.05, 3.63) is 0 Å². The maximum atomic E-state index is 5.39. The highest BCUT2D eigenvalue weighted by atomic mass is 16.5. The van der Waals surface area contributed by atoms with Gasteiger partial charge < -0.3 is 10.1 Å². The quantitative estimate of drug-likeness (QED) is 0.791. The maximum absolute atomic E-state index is 5.39. The van der Waals surface area contributed by atoms with Crippen LogP contribution in [-0.2, 0) is 4.74 Å². The Labute approximate surface area is 111 Å². The van der Waals surface area contributed by atoms with Crippen LogP contribution in [0.25, 0.3) is 0 Å². The van der Waals surface area contributed by atoms with Crippen LogP contribution in [0.5, 0.6) is 0 Å². The fourth-order valence-corrected chi connectivity index (χ4v) is 3.77. The number of fused-ring (bicyclic) bond motifs is 1. The Morgan fingerprint density at radius 1 is 1.06 bits per heavy atom. The summed E-state index contributed by atoms with van der Waals surface area (Å²) in [6.45, 7) is 9.12. The minimum absolute atomic E-state index is 0.794. The summed E-state index contributed by atoms with van der Waals surface area (Å²) in [5.74, 6) is 0. The van der Waals surface area contributed by atoms with E-state index in [4.69, 9.17) is 4.74 Å². The van der Waals surface area contributed by atoms with Gasteiger partial charge >= 0.3 is 0 Å². The van der Waals surface area contributed by atoms with E-state index in [2.05, 4.69) is 15.1 Å². The zero-order valence-corrected chi connectivity index (χ0v) is 11.4. The Hall–Kier alpha value is -0.160. The van der Waals surface area contributed by atoms with E-state index in [0.717, 1.165) is 38.4 Å². The van der Waals surface area contributed by atoms with Gasteiger partial charge in [0.25, 0.3) is 0 Å². The normalized spacial score (nSPS) is 34.7. The van der Waals surface area contributed by atoms with Crippen molar-refractivity contribution in [2.75, 3.05) is 52.5 Å². The van der Waals surface area contributed by atoms with Crippen molar-refractivity contribution in [3.8, 4) is 0 Å². The molecular formula is C14H27N3O. The smallest absolute Gasteiger partial charge is 0.0594 e. The molecule has 1 aliphatic carbocycles. The maximum Gasteiger partial charge on any atom is 0.0594 e. The number of nitrogens with zero attached hydrogens (tertiary/aromatic N) is 2. The third kappa shape index (κ3) is 3.05. The highest BCUT2D eigenvalue weighted by molar-refractivity contribution is 4.93. The number of morpholine rings is 1. The van der Waals surface area contributed by atoms with Crippen molar-refractivity contribution < 1.29 is 4.74 Å². The molecule has 4 nitrogen and oxygen atoms in total. The van der Waals surface area contributed by atoms with Crippen LogP contribution in [0.2, 0.25) is 0 Å². The minimum Gasteiger partial charge on any atom is -0.379 e. The predicted molar refractivity (Wildman–Crippen MR) is 72.9 cm³/mol. The molecule has 2 aliphatic heterocycles. The monoisotopic (exact) mass is 253 g/mol. The fraction of sp³-hybridized carbons (Fsp3) is 1.00. The van der Waals surface area contributed by atoms with Crippen molar-refractivity contribution >= 4 is 0 Å². The van der Waals surface area contributed by atoms with Crippen LogP contribution in [0.15, 0.2) is 0 Å². The molecule has 2 atom stereocenters. The molecule has 3 fully saturated rings. The Morgan fingerprint density at radius 3 is 2.83 bits per heavy atom. The van der Waals surface area contributed by atoms with Gasteiger partial charge in [0.1, 0.15) is 0 Å². The van der Waals surface area contributed by atoms with Crippen molar-refractivity contribution in [1.29, 1.82) is 0 Å². The summed E-state index contributed by atoms with van der Waals surface area (Å²) in [6, 6.07) is 1.63. The van der Waals surface area contributed by atoms with Gasteiger partial charge in [-0.05, 0) is 32.4 Å². The molecule has 104 valence electrons. The van der Waals surface area contributed by atoms with Gasteiger partial charge in [0.15, 0.2) is 0 Å². The Bertz CT molecular complexity index is 255. The van der Waals surface area contributed by atoms with Crippen LogP contribution in [0.3, 0.4) is 0 Å². The lowest BCUT2D eigenvalue weighted by atomic mass is 10.1. The van der Waals surface area contributed by atoms with Crippen LogP contribution in [-0.4, -0.2) is 74.4 Å². The number of piperazine rings is 1. The lowest BCUT2D eigenvalue weighted by Gasteiger charge is -2.39. The van der Waals surface area contributed by atoms with E-state index in [1.807, 2.05) is 0 Å². The first kappa shape index (κ1) is 12.9. The third-order valence-corrected chi connectivity index (χ3v) is 4.78. The molecule has 0 amide bonds. The average Bonchev–Trinajstić information content (AvgIpc) is 2.89. The van der Waals surface area contributed by atoms with E-state index in [-0.39, 0.29) is 0 Å². The van der Waals surface area contributed by atoms with E-state index in [1.54, 1.807) is 0 Å². The lowest BCUT2D eigenvalue weighted by Crippen LogP contribution is -2.55. The molecule has 2 heterocycles. The fourth-order valence-electron chi connectivity index (χ4n) is 3.77. The first-order valence-corrected chi connectivity index (χ1v) is 7.71. The summed E-state index contributed by atoms with van der Waals surface area (Å²) in [5, 5.41) is 3.68. The zero-order valence-electron chi connectivity index (χ0n) is 11.4. The van der Waals surface area contributed by atoms with Gasteiger partial charge in [-0.2, -0.15) is 0 Å². The van der Waals surface area contributed by atoms with E-state index >= 15 is 0 Å². The van der Waals surface area contributed by atoms with E-state index in [0.29, 0.717) is 0 Å². The first-order chi connectivity index (χ1) is 8.93. The van der Waals surface area contributed by atoms with Crippen LogP contribution in [0.1, 0.15) is 25.7 Å². The summed E-state index contributed by atoms with van der Waals surface area (Å²) in [7, 11) is 0. The second kappa shape index (κ2) is 6.33. The van der Waals surface area contributed by atoms with Gasteiger partial charge in [0.2, 0.25) is 0 Å². The second-order valence-electron chi connectivity index (χ2n) is 5.90. The van der Waals surface area contributed by atoms with E-state index in [9.17, 15) is 0 Å². The molecule has 4 heteroatoms. The van der Waals surface area contributed by atoms with Crippen LogP contribution < -0.4 is 5.32 Å². The van der Waals surface area contributed by atoms with E-state index in [1.165, 1.54) is 51.9 Å². The third-order valence-electron chi connectivity index (χ3n) is 4.78. The second-order valence-corrected chi connectivity index (χ2v) is 5.90. The number of hydrogen-bond donors (Lipinski definition) is 1. The van der Waals surface area contributed by atoms with Crippen molar-refractivity contribution in [3.63, 3.8) is 0 Å². The van der Waals surface area contributed by atoms with Crippen molar-refractivity contribution in [1.82, 2.24) is 15.1 Å². The van der Waals surface area contributed by atoms with Crippen LogP contribution in [0.4, 0.5) is 0 Å². The van der Waals surface area contributed by atoms with Crippen LogP contribution >= 0.6 is 0 Å². The molecule has 2 saturated heterocycles. The standard InChI is InChI=1S/C14H27N3O/c1-3-13-14(4-1)17(8-5-15-13)7-2-6-16-9-11-18-12-10-16/h13-15H,1-12H2. The number of ether oxygens (including phenoxy) is 1. The molecule has 18 heavy (non-hydrogen) atoms. The van der Waals surface area contributed by atoms with Gasteiger partial charge in [0.05, 0.1) is 13.2 Å². The summed E-state index contributed by atoms with van der Waals surface area (Å²) in [5.41, 5.74) is 0. The Kier molecular flexibility index (Phi) is 4.52. The largest absolute Gasteiger partial charge is 0.379 e. The number of nitrogens with one attached hydrogen (secondary N) is 1. The predicted octanol–water partition coefficient (Wildman–Crippen LogP) is 0.535.